The van der Waals surface area contributed by atoms with Crippen molar-refractivity contribution in [1.29, 1.82) is 0 Å². The molecule has 0 aliphatic heterocycles. The van der Waals surface area contributed by atoms with E-state index < -0.39 is 0 Å². The van der Waals surface area contributed by atoms with Gasteiger partial charge in [0.15, 0.2) is 6.61 Å². The highest BCUT2D eigenvalue weighted by molar-refractivity contribution is 5.77. The molecule has 0 unspecified atom stereocenters. The van der Waals surface area contributed by atoms with E-state index >= 15 is 0 Å². The molecule has 0 heterocycles. The first-order valence-corrected chi connectivity index (χ1v) is 6.95. The summed E-state index contributed by atoms with van der Waals surface area (Å²) in [4.78, 5) is 11.7. The Morgan fingerprint density at radius 3 is 2.64 bits per heavy atom. The summed E-state index contributed by atoms with van der Waals surface area (Å²) >= 11 is 0. The lowest BCUT2D eigenvalue weighted by Gasteiger charge is -2.08. The van der Waals surface area contributed by atoms with Crippen molar-refractivity contribution in [2.45, 2.75) is 6.42 Å². The Morgan fingerprint density at radius 1 is 1.14 bits per heavy atom. The molecule has 2 rings (SSSR count). The number of ether oxygens (including phenoxy) is 2. The molecule has 2 aromatic carbocycles. The van der Waals surface area contributed by atoms with E-state index in [2.05, 4.69) is 5.32 Å². The minimum atomic E-state index is -0.338. The molecule has 0 saturated carbocycles. The van der Waals surface area contributed by atoms with Crippen molar-refractivity contribution in [3.63, 3.8) is 0 Å². The van der Waals surface area contributed by atoms with Crippen LogP contribution in [0.25, 0.3) is 0 Å². The minimum absolute atomic E-state index is 0.0935. The topological polar surface area (TPSA) is 47.6 Å². The Kier molecular flexibility index (Phi) is 5.77. The predicted molar refractivity (Wildman–Crippen MR) is 81.6 cm³/mol. The molecule has 5 heteroatoms. The molecular weight excluding hydrogens is 285 g/mol. The monoisotopic (exact) mass is 303 g/mol. The summed E-state index contributed by atoms with van der Waals surface area (Å²) in [7, 11) is 1.62. The van der Waals surface area contributed by atoms with E-state index in [9.17, 15) is 9.18 Å². The van der Waals surface area contributed by atoms with Crippen molar-refractivity contribution < 1.29 is 18.7 Å². The molecule has 22 heavy (non-hydrogen) atoms. The number of hydrogen-bond donors (Lipinski definition) is 1. The summed E-state index contributed by atoms with van der Waals surface area (Å²) in [5.74, 6) is 0.704. The van der Waals surface area contributed by atoms with Crippen molar-refractivity contribution in [2.24, 2.45) is 0 Å². The number of amides is 1. The normalized spacial score (nSPS) is 10.1. The van der Waals surface area contributed by atoms with Gasteiger partial charge in [-0.3, -0.25) is 4.79 Å². The van der Waals surface area contributed by atoms with Gasteiger partial charge in [-0.2, -0.15) is 0 Å². The van der Waals surface area contributed by atoms with Gasteiger partial charge in [-0.1, -0.05) is 12.1 Å². The first kappa shape index (κ1) is 15.8. The van der Waals surface area contributed by atoms with Gasteiger partial charge in [0.05, 0.1) is 7.11 Å². The Labute approximate surface area is 128 Å². The molecule has 0 aromatic heterocycles. The predicted octanol–water partition coefficient (Wildman–Crippen LogP) is 2.57. The number of rotatable bonds is 7. The minimum Gasteiger partial charge on any atom is -0.497 e. The van der Waals surface area contributed by atoms with Crippen molar-refractivity contribution in [2.75, 3.05) is 20.3 Å². The molecule has 0 bridgehead atoms. The summed E-state index contributed by atoms with van der Waals surface area (Å²) in [5, 5.41) is 2.77. The number of nitrogens with one attached hydrogen (secondary N) is 1. The van der Waals surface area contributed by atoms with Gasteiger partial charge in [-0.25, -0.2) is 4.39 Å². The van der Waals surface area contributed by atoms with Crippen LogP contribution in [0.1, 0.15) is 5.56 Å². The third-order valence-corrected chi connectivity index (χ3v) is 3.05. The van der Waals surface area contributed by atoms with Crippen molar-refractivity contribution in [3.8, 4) is 11.5 Å². The molecule has 0 aliphatic rings. The highest BCUT2D eigenvalue weighted by Crippen LogP contribution is 2.12. The van der Waals surface area contributed by atoms with Crippen LogP contribution in [0.15, 0.2) is 48.5 Å². The fourth-order valence-electron chi connectivity index (χ4n) is 1.90. The molecule has 0 aliphatic carbocycles. The highest BCUT2D eigenvalue weighted by atomic mass is 19.1. The van der Waals surface area contributed by atoms with Gasteiger partial charge in [-0.05, 0) is 48.4 Å². The van der Waals surface area contributed by atoms with E-state index in [4.69, 9.17) is 9.47 Å². The lowest BCUT2D eigenvalue weighted by Crippen LogP contribution is -2.30. The molecule has 0 fully saturated rings. The number of carbonyl (C=O) groups excluding carboxylic acids is 1. The van der Waals surface area contributed by atoms with Crippen LogP contribution in [0, 0.1) is 5.82 Å². The zero-order valence-electron chi connectivity index (χ0n) is 12.3. The Hall–Kier alpha value is -2.56. The van der Waals surface area contributed by atoms with Gasteiger partial charge < -0.3 is 14.8 Å². The lowest BCUT2D eigenvalue weighted by atomic mass is 10.1. The van der Waals surface area contributed by atoms with Gasteiger partial charge in [0.2, 0.25) is 0 Å². The fraction of sp³-hybridized carbons (Fsp3) is 0.235. The Morgan fingerprint density at radius 2 is 1.91 bits per heavy atom. The summed E-state index contributed by atoms with van der Waals surface area (Å²) in [5.41, 5.74) is 1.08. The zero-order valence-corrected chi connectivity index (χ0v) is 12.3. The van der Waals surface area contributed by atoms with Crippen molar-refractivity contribution in [3.05, 3.63) is 59.9 Å². The van der Waals surface area contributed by atoms with Gasteiger partial charge >= 0.3 is 0 Å². The van der Waals surface area contributed by atoms with Crippen LogP contribution >= 0.6 is 0 Å². The number of methoxy groups -OCH3 is 1. The summed E-state index contributed by atoms with van der Waals surface area (Å²) < 4.78 is 23.1. The van der Waals surface area contributed by atoms with Crippen LogP contribution in [0.5, 0.6) is 11.5 Å². The summed E-state index contributed by atoms with van der Waals surface area (Å²) in [6.45, 7) is 0.419. The molecular formula is C17H18FNO3. The Balaban J connectivity index is 1.70. The first-order chi connectivity index (χ1) is 10.7. The maximum atomic E-state index is 12.7. The van der Waals surface area contributed by atoms with Gasteiger partial charge in [0.1, 0.15) is 17.3 Å². The van der Waals surface area contributed by atoms with Gasteiger partial charge in [-0.15, -0.1) is 0 Å². The van der Waals surface area contributed by atoms with Crippen molar-refractivity contribution >= 4 is 5.91 Å². The van der Waals surface area contributed by atoms with E-state index in [1.807, 2.05) is 24.3 Å². The summed E-state index contributed by atoms with van der Waals surface area (Å²) in [6, 6.07) is 13.2. The van der Waals surface area contributed by atoms with Crippen LogP contribution in [-0.2, 0) is 11.2 Å². The molecule has 0 atom stereocenters. The molecule has 116 valence electrons. The first-order valence-electron chi connectivity index (χ1n) is 6.95. The third-order valence-electron chi connectivity index (χ3n) is 3.05. The largest absolute Gasteiger partial charge is 0.497 e. The number of hydrogen-bond acceptors (Lipinski definition) is 3. The van der Waals surface area contributed by atoms with E-state index in [0.29, 0.717) is 18.7 Å². The maximum Gasteiger partial charge on any atom is 0.257 e. The fourth-order valence-corrected chi connectivity index (χ4v) is 1.90. The standard InChI is InChI=1S/C17H18FNO3/c1-21-16-4-2-3-13(11-16)9-10-19-17(20)12-22-15-7-5-14(18)6-8-15/h2-8,11H,9-10,12H2,1H3,(H,19,20). The second-order valence-electron chi connectivity index (χ2n) is 4.69. The van der Waals surface area contributed by atoms with E-state index in [1.54, 1.807) is 7.11 Å². The molecule has 1 N–H and O–H groups in total. The number of benzene rings is 2. The van der Waals surface area contributed by atoms with Gasteiger partial charge in [0, 0.05) is 6.54 Å². The molecule has 4 nitrogen and oxygen atoms in total. The zero-order chi connectivity index (χ0) is 15.8. The van der Waals surface area contributed by atoms with Crippen LogP contribution in [0.2, 0.25) is 0 Å². The molecule has 0 radical (unpaired) electrons. The van der Waals surface area contributed by atoms with Crippen molar-refractivity contribution in [1.82, 2.24) is 5.32 Å². The quantitative estimate of drug-likeness (QED) is 0.855. The lowest BCUT2D eigenvalue weighted by molar-refractivity contribution is -0.123. The van der Waals surface area contributed by atoms with Crippen LogP contribution in [0.3, 0.4) is 0 Å². The second-order valence-corrected chi connectivity index (χ2v) is 4.69. The van der Waals surface area contributed by atoms with Crippen LogP contribution < -0.4 is 14.8 Å². The molecule has 0 spiro atoms. The average molecular weight is 303 g/mol. The number of halogens is 1. The molecule has 1 amide bonds. The SMILES string of the molecule is COc1cccc(CCNC(=O)COc2ccc(F)cc2)c1. The maximum absolute atomic E-state index is 12.7. The van der Waals surface area contributed by atoms with E-state index in [0.717, 1.165) is 11.3 Å². The molecule has 2 aromatic rings. The van der Waals surface area contributed by atoms with E-state index in [1.165, 1.54) is 24.3 Å². The smallest absolute Gasteiger partial charge is 0.257 e. The number of carbonyl (C=O) groups is 1. The van der Waals surface area contributed by atoms with Gasteiger partial charge in [0.25, 0.3) is 5.91 Å². The summed E-state index contributed by atoms with van der Waals surface area (Å²) in [6.07, 6.45) is 0.708. The highest BCUT2D eigenvalue weighted by Gasteiger charge is 2.03. The van der Waals surface area contributed by atoms with Crippen LogP contribution in [0.4, 0.5) is 4.39 Å². The van der Waals surface area contributed by atoms with Crippen LogP contribution in [-0.4, -0.2) is 26.2 Å². The second kappa shape index (κ2) is 8.02. The molecule has 0 saturated heterocycles. The Bertz CT molecular complexity index is 614. The average Bonchev–Trinajstić information content (AvgIpc) is 2.54. The van der Waals surface area contributed by atoms with E-state index in [-0.39, 0.29) is 18.3 Å². The third kappa shape index (κ3) is 5.09.